The fraction of sp³-hybridized carbons (Fsp3) is 0.538. The Bertz CT molecular complexity index is 590. The molecule has 1 aromatic carbocycles. The van der Waals surface area contributed by atoms with E-state index in [0.717, 1.165) is 16.4 Å². The molecular formula is C13H17IN2O3S. The summed E-state index contributed by atoms with van der Waals surface area (Å²) in [4.78, 5) is 0.268. The number of benzene rings is 1. The van der Waals surface area contributed by atoms with E-state index in [9.17, 15) is 8.42 Å². The molecule has 110 valence electrons. The van der Waals surface area contributed by atoms with Gasteiger partial charge in [0.2, 0.25) is 10.0 Å². The number of nitrogens with two attached hydrogens (primary N) is 1. The average molecular weight is 408 g/mol. The molecule has 1 aromatic rings. The van der Waals surface area contributed by atoms with Crippen molar-refractivity contribution in [2.45, 2.75) is 35.9 Å². The van der Waals surface area contributed by atoms with Crippen molar-refractivity contribution in [2.24, 2.45) is 11.7 Å². The summed E-state index contributed by atoms with van der Waals surface area (Å²) in [5.41, 5.74) is 6.08. The Morgan fingerprint density at radius 1 is 1.30 bits per heavy atom. The zero-order chi connectivity index (χ0) is 14.3. The Morgan fingerprint density at radius 3 is 2.70 bits per heavy atom. The molecule has 4 atom stereocenters. The number of hydrogen-bond donors (Lipinski definition) is 2. The number of hydrogen-bond acceptors (Lipinski definition) is 4. The van der Waals surface area contributed by atoms with Gasteiger partial charge in [-0.3, -0.25) is 0 Å². The maximum atomic E-state index is 12.3. The van der Waals surface area contributed by atoms with Gasteiger partial charge in [0, 0.05) is 22.1 Å². The van der Waals surface area contributed by atoms with Crippen LogP contribution in [0.1, 0.15) is 12.8 Å². The minimum absolute atomic E-state index is 0.0719. The summed E-state index contributed by atoms with van der Waals surface area (Å²) in [6.07, 6.45) is 1.95. The third-order valence-corrected chi connectivity index (χ3v) is 6.29. The monoisotopic (exact) mass is 408 g/mol. The molecule has 0 bridgehead atoms. The second kappa shape index (κ2) is 5.53. The van der Waals surface area contributed by atoms with Crippen LogP contribution in [0, 0.1) is 9.49 Å². The summed E-state index contributed by atoms with van der Waals surface area (Å²) in [5.74, 6) is 0.285. The van der Waals surface area contributed by atoms with E-state index in [2.05, 4.69) is 27.3 Å². The lowest BCUT2D eigenvalue weighted by molar-refractivity contribution is -0.114. The van der Waals surface area contributed by atoms with Crippen molar-refractivity contribution in [3.8, 4) is 0 Å². The fourth-order valence-corrected chi connectivity index (χ4v) is 4.59. The first-order chi connectivity index (χ1) is 9.49. The first-order valence-electron chi connectivity index (χ1n) is 6.64. The van der Waals surface area contributed by atoms with E-state index in [1.807, 2.05) is 0 Å². The first-order valence-corrected chi connectivity index (χ1v) is 9.20. The lowest BCUT2D eigenvalue weighted by Gasteiger charge is -2.52. The summed E-state index contributed by atoms with van der Waals surface area (Å²) in [6.45, 7) is 0.690. The van der Waals surface area contributed by atoms with Crippen molar-refractivity contribution in [3.63, 3.8) is 0 Å². The highest BCUT2D eigenvalue weighted by Crippen LogP contribution is 2.37. The van der Waals surface area contributed by atoms with Gasteiger partial charge in [0.25, 0.3) is 0 Å². The number of sulfonamides is 1. The van der Waals surface area contributed by atoms with Gasteiger partial charge in [-0.25, -0.2) is 13.1 Å². The van der Waals surface area contributed by atoms with Crippen LogP contribution in [0.5, 0.6) is 0 Å². The highest BCUT2D eigenvalue weighted by molar-refractivity contribution is 14.1. The second-order valence-corrected chi connectivity index (χ2v) is 8.28. The van der Waals surface area contributed by atoms with Gasteiger partial charge in [0.1, 0.15) is 0 Å². The van der Waals surface area contributed by atoms with Gasteiger partial charge in [-0.15, -0.1) is 0 Å². The predicted molar refractivity (Wildman–Crippen MR) is 83.7 cm³/mol. The van der Waals surface area contributed by atoms with E-state index in [-0.39, 0.29) is 29.0 Å². The van der Waals surface area contributed by atoms with Crippen molar-refractivity contribution in [1.82, 2.24) is 4.72 Å². The third kappa shape index (κ3) is 2.61. The number of nitrogens with one attached hydrogen (secondary N) is 1. The Balaban J connectivity index is 1.75. The Morgan fingerprint density at radius 2 is 2.00 bits per heavy atom. The molecule has 3 rings (SSSR count). The molecule has 0 aromatic heterocycles. The molecule has 5 nitrogen and oxygen atoms in total. The zero-order valence-electron chi connectivity index (χ0n) is 10.8. The normalized spacial score (nSPS) is 33.3. The average Bonchev–Trinajstić information content (AvgIpc) is 2.45. The molecule has 3 N–H and O–H groups in total. The minimum atomic E-state index is -3.53. The summed E-state index contributed by atoms with van der Waals surface area (Å²) < 4.78 is 34.0. The van der Waals surface area contributed by atoms with Crippen LogP contribution in [0.15, 0.2) is 29.2 Å². The highest BCUT2D eigenvalue weighted by atomic mass is 127. The summed E-state index contributed by atoms with van der Waals surface area (Å²) in [5, 5.41) is 0. The molecule has 0 radical (unpaired) electrons. The summed E-state index contributed by atoms with van der Waals surface area (Å²) in [7, 11) is -3.53. The zero-order valence-corrected chi connectivity index (χ0v) is 13.8. The van der Waals surface area contributed by atoms with E-state index in [1.165, 1.54) is 0 Å². The van der Waals surface area contributed by atoms with Gasteiger partial charge < -0.3 is 10.5 Å². The molecule has 2 fully saturated rings. The summed E-state index contributed by atoms with van der Waals surface area (Å²) >= 11 is 2.14. The molecular weight excluding hydrogens is 391 g/mol. The molecule has 0 amide bonds. The Kier molecular flexibility index (Phi) is 4.06. The van der Waals surface area contributed by atoms with E-state index in [0.29, 0.717) is 6.61 Å². The number of rotatable bonds is 3. The summed E-state index contributed by atoms with van der Waals surface area (Å²) in [6, 6.07) is 6.29. The van der Waals surface area contributed by atoms with E-state index in [1.54, 1.807) is 24.3 Å². The number of halogens is 1. The first kappa shape index (κ1) is 14.7. The van der Waals surface area contributed by atoms with E-state index >= 15 is 0 Å². The second-order valence-electron chi connectivity index (χ2n) is 5.32. The lowest BCUT2D eigenvalue weighted by Crippen LogP contribution is -2.71. The van der Waals surface area contributed by atoms with E-state index in [4.69, 9.17) is 10.5 Å². The highest BCUT2D eigenvalue weighted by Gasteiger charge is 2.51. The minimum Gasteiger partial charge on any atom is -0.376 e. The topological polar surface area (TPSA) is 81.4 Å². The maximum Gasteiger partial charge on any atom is 0.240 e. The fourth-order valence-electron chi connectivity index (χ4n) is 2.95. The van der Waals surface area contributed by atoms with Gasteiger partial charge >= 0.3 is 0 Å². The van der Waals surface area contributed by atoms with Crippen LogP contribution in [0.2, 0.25) is 0 Å². The van der Waals surface area contributed by atoms with Crippen molar-refractivity contribution >= 4 is 32.6 Å². The lowest BCUT2D eigenvalue weighted by atomic mass is 9.69. The molecule has 1 saturated carbocycles. The van der Waals surface area contributed by atoms with Crippen molar-refractivity contribution in [2.75, 3.05) is 6.61 Å². The van der Waals surface area contributed by atoms with Gasteiger partial charge in [-0.2, -0.15) is 0 Å². The molecule has 1 aliphatic heterocycles. The van der Waals surface area contributed by atoms with Crippen LogP contribution in [-0.4, -0.2) is 33.2 Å². The van der Waals surface area contributed by atoms with Crippen LogP contribution in [0.3, 0.4) is 0 Å². The van der Waals surface area contributed by atoms with Crippen LogP contribution >= 0.6 is 22.6 Å². The predicted octanol–water partition coefficient (Wildman–Crippen LogP) is 1.07. The molecule has 1 aliphatic carbocycles. The molecule has 0 spiro atoms. The molecule has 1 heterocycles. The van der Waals surface area contributed by atoms with Crippen molar-refractivity contribution in [3.05, 3.63) is 27.8 Å². The van der Waals surface area contributed by atoms with Crippen molar-refractivity contribution in [1.29, 1.82) is 0 Å². The van der Waals surface area contributed by atoms with Gasteiger partial charge in [0.05, 0.1) is 17.0 Å². The Hall–Kier alpha value is -0.220. The van der Waals surface area contributed by atoms with Gasteiger partial charge in [0.15, 0.2) is 0 Å². The molecule has 2 aliphatic rings. The largest absolute Gasteiger partial charge is 0.376 e. The maximum absolute atomic E-state index is 12.3. The van der Waals surface area contributed by atoms with Crippen LogP contribution in [-0.2, 0) is 14.8 Å². The SMILES string of the molecule is NC1C2CCCOC2C1NS(=O)(=O)c1ccc(I)cc1. The molecule has 7 heteroatoms. The van der Waals surface area contributed by atoms with Crippen LogP contribution < -0.4 is 10.5 Å². The quantitative estimate of drug-likeness (QED) is 0.734. The van der Waals surface area contributed by atoms with Crippen LogP contribution in [0.4, 0.5) is 0 Å². The molecule has 1 saturated heterocycles. The standard InChI is InChI=1S/C13H17IN2O3S/c14-8-3-5-9(6-4-8)20(17,18)16-12-11(15)10-2-1-7-19-13(10)12/h3-6,10-13,16H,1-2,7,15H2. The molecule has 20 heavy (non-hydrogen) atoms. The smallest absolute Gasteiger partial charge is 0.240 e. The van der Waals surface area contributed by atoms with Gasteiger partial charge in [-0.05, 0) is 59.7 Å². The van der Waals surface area contributed by atoms with Crippen molar-refractivity contribution < 1.29 is 13.2 Å². The number of ether oxygens (including phenoxy) is 1. The van der Waals surface area contributed by atoms with E-state index < -0.39 is 10.0 Å². The molecule has 4 unspecified atom stereocenters. The number of fused-ring (bicyclic) bond motifs is 1. The third-order valence-electron chi connectivity index (χ3n) is 4.09. The Labute approximate surface area is 132 Å². The van der Waals surface area contributed by atoms with Gasteiger partial charge in [-0.1, -0.05) is 0 Å². The van der Waals surface area contributed by atoms with Crippen LogP contribution in [0.25, 0.3) is 0 Å².